The molecular formula is C26H22N2O6. The Morgan fingerprint density at radius 2 is 1.50 bits per heavy atom. The Morgan fingerprint density at radius 3 is 2.12 bits per heavy atom. The molecule has 34 heavy (non-hydrogen) atoms. The second kappa shape index (κ2) is 8.64. The van der Waals surface area contributed by atoms with E-state index in [0.717, 1.165) is 11.3 Å². The predicted octanol–water partition coefficient (Wildman–Crippen LogP) is 3.53. The van der Waals surface area contributed by atoms with Gasteiger partial charge < -0.3 is 9.47 Å². The quantitative estimate of drug-likeness (QED) is 0.427. The summed E-state index contributed by atoms with van der Waals surface area (Å²) in [6, 6.07) is 22.3. The van der Waals surface area contributed by atoms with Crippen LogP contribution >= 0.6 is 0 Å². The van der Waals surface area contributed by atoms with Crippen molar-refractivity contribution in [2.24, 2.45) is 5.92 Å². The lowest BCUT2D eigenvalue weighted by molar-refractivity contribution is -0.126. The van der Waals surface area contributed by atoms with Crippen LogP contribution in [-0.2, 0) is 19.2 Å². The highest BCUT2D eigenvalue weighted by atomic mass is 16.7. The molecule has 2 fully saturated rings. The maximum Gasteiger partial charge on any atom is 0.337 e. The Hall–Kier alpha value is -4.17. The molecule has 0 aromatic heterocycles. The number of fused-ring (bicyclic) bond motifs is 1. The van der Waals surface area contributed by atoms with Gasteiger partial charge in [0.15, 0.2) is 6.10 Å². The lowest BCUT2D eigenvalue weighted by atomic mass is 9.90. The van der Waals surface area contributed by atoms with Gasteiger partial charge in [-0.15, -0.1) is 0 Å². The SMILES string of the molecule is COC(=O)c1ccc([C@H]2[C@@H]3C(=O)N(c4ccc(OC)cc4)C(=O)[C@@H]3ON2c2ccccc2)cc1. The molecule has 0 saturated carbocycles. The Balaban J connectivity index is 1.54. The van der Waals surface area contributed by atoms with E-state index in [1.165, 1.54) is 12.0 Å². The van der Waals surface area contributed by atoms with Crippen molar-refractivity contribution in [1.82, 2.24) is 0 Å². The van der Waals surface area contributed by atoms with E-state index in [2.05, 4.69) is 0 Å². The van der Waals surface area contributed by atoms with Crippen LogP contribution in [-0.4, -0.2) is 38.1 Å². The largest absolute Gasteiger partial charge is 0.497 e. The number of anilines is 2. The molecule has 0 aliphatic carbocycles. The maximum atomic E-state index is 13.6. The Labute approximate surface area is 196 Å². The van der Waals surface area contributed by atoms with E-state index < -0.39 is 29.9 Å². The van der Waals surface area contributed by atoms with Crippen molar-refractivity contribution in [1.29, 1.82) is 0 Å². The maximum absolute atomic E-state index is 13.6. The fraction of sp³-hybridized carbons (Fsp3) is 0.192. The van der Waals surface area contributed by atoms with Crippen molar-refractivity contribution in [3.63, 3.8) is 0 Å². The summed E-state index contributed by atoms with van der Waals surface area (Å²) in [6.45, 7) is 0. The zero-order valence-electron chi connectivity index (χ0n) is 18.6. The summed E-state index contributed by atoms with van der Waals surface area (Å²) in [7, 11) is 2.87. The molecule has 2 amide bonds. The molecule has 3 atom stereocenters. The van der Waals surface area contributed by atoms with Crippen LogP contribution in [0.3, 0.4) is 0 Å². The Kier molecular flexibility index (Phi) is 5.51. The minimum absolute atomic E-state index is 0.347. The summed E-state index contributed by atoms with van der Waals surface area (Å²) >= 11 is 0. The molecular weight excluding hydrogens is 436 g/mol. The van der Waals surface area contributed by atoms with Crippen LogP contribution in [0.25, 0.3) is 0 Å². The molecule has 0 bridgehead atoms. The van der Waals surface area contributed by atoms with Crippen molar-refractivity contribution in [2.75, 3.05) is 24.2 Å². The van der Waals surface area contributed by atoms with Gasteiger partial charge in [0, 0.05) is 0 Å². The van der Waals surface area contributed by atoms with E-state index in [1.54, 1.807) is 60.7 Å². The standard InChI is InChI=1S/C26H22N2O6/c1-32-20-14-12-18(13-15-20)27-24(29)21-22(16-8-10-17(11-9-16)26(31)33-2)28(34-23(21)25(27)30)19-6-4-3-5-7-19/h3-15,21-23H,1-2H3/t21-,22-,23+/m0/s1. The van der Waals surface area contributed by atoms with Gasteiger partial charge in [-0.25, -0.2) is 14.8 Å². The van der Waals surface area contributed by atoms with Crippen LogP contribution in [0, 0.1) is 5.92 Å². The highest BCUT2D eigenvalue weighted by Crippen LogP contribution is 2.47. The molecule has 0 N–H and O–H groups in total. The summed E-state index contributed by atoms with van der Waals surface area (Å²) in [5.41, 5.74) is 2.30. The zero-order valence-corrected chi connectivity index (χ0v) is 18.6. The zero-order chi connectivity index (χ0) is 23.8. The number of esters is 1. The molecule has 3 aromatic rings. The molecule has 2 aliphatic rings. The number of ether oxygens (including phenoxy) is 2. The monoisotopic (exact) mass is 458 g/mol. The summed E-state index contributed by atoms with van der Waals surface area (Å²) < 4.78 is 9.96. The number of benzene rings is 3. The Bertz CT molecular complexity index is 1230. The van der Waals surface area contributed by atoms with Crippen molar-refractivity contribution >= 4 is 29.2 Å². The van der Waals surface area contributed by atoms with Gasteiger partial charge in [-0.05, 0) is 54.1 Å². The third-order valence-corrected chi connectivity index (χ3v) is 6.13. The van der Waals surface area contributed by atoms with Gasteiger partial charge >= 0.3 is 5.97 Å². The molecule has 3 aromatic carbocycles. The number of carbonyl (C=O) groups excluding carboxylic acids is 3. The van der Waals surface area contributed by atoms with Crippen molar-refractivity contribution < 1.29 is 28.7 Å². The number of hydrogen-bond acceptors (Lipinski definition) is 7. The first-order valence-corrected chi connectivity index (χ1v) is 10.7. The van der Waals surface area contributed by atoms with E-state index in [9.17, 15) is 14.4 Å². The number of hydroxylamine groups is 1. The summed E-state index contributed by atoms with van der Waals surface area (Å²) in [5.74, 6) is -1.36. The lowest BCUT2D eigenvalue weighted by Crippen LogP contribution is -2.37. The topological polar surface area (TPSA) is 85.4 Å². The first kappa shape index (κ1) is 21.7. The fourth-order valence-corrected chi connectivity index (χ4v) is 4.47. The second-order valence-corrected chi connectivity index (χ2v) is 7.98. The van der Waals surface area contributed by atoms with Crippen LogP contribution < -0.4 is 14.7 Å². The van der Waals surface area contributed by atoms with Gasteiger partial charge in [0.25, 0.3) is 5.91 Å². The van der Waals surface area contributed by atoms with Gasteiger partial charge in [0.1, 0.15) is 11.7 Å². The van der Waals surface area contributed by atoms with E-state index in [4.69, 9.17) is 14.3 Å². The average Bonchev–Trinajstić information content (AvgIpc) is 3.40. The van der Waals surface area contributed by atoms with Gasteiger partial charge in [0.2, 0.25) is 5.91 Å². The van der Waals surface area contributed by atoms with Gasteiger partial charge in [-0.1, -0.05) is 30.3 Å². The first-order valence-electron chi connectivity index (χ1n) is 10.7. The molecule has 8 nitrogen and oxygen atoms in total. The van der Waals surface area contributed by atoms with Crippen molar-refractivity contribution in [3.05, 3.63) is 90.0 Å². The van der Waals surface area contributed by atoms with Crippen LogP contribution in [0.1, 0.15) is 22.0 Å². The van der Waals surface area contributed by atoms with Crippen LogP contribution in [0.5, 0.6) is 5.75 Å². The molecule has 8 heteroatoms. The third kappa shape index (κ3) is 3.48. The minimum atomic E-state index is -0.972. The van der Waals surface area contributed by atoms with Crippen molar-refractivity contribution in [3.8, 4) is 5.75 Å². The number of hydrogen-bond donors (Lipinski definition) is 0. The highest BCUT2D eigenvalue weighted by Gasteiger charge is 2.60. The van der Waals surface area contributed by atoms with Gasteiger partial charge in [-0.3, -0.25) is 14.4 Å². The molecule has 2 saturated heterocycles. The van der Waals surface area contributed by atoms with Crippen LogP contribution in [0.4, 0.5) is 11.4 Å². The number of para-hydroxylation sites is 1. The molecule has 0 radical (unpaired) electrons. The molecule has 172 valence electrons. The molecule has 0 unspecified atom stereocenters. The number of methoxy groups -OCH3 is 2. The van der Waals surface area contributed by atoms with Gasteiger partial charge in [-0.2, -0.15) is 0 Å². The van der Waals surface area contributed by atoms with Crippen molar-refractivity contribution in [2.45, 2.75) is 12.1 Å². The first-order chi connectivity index (χ1) is 16.5. The van der Waals surface area contributed by atoms with Crippen LogP contribution in [0.2, 0.25) is 0 Å². The van der Waals surface area contributed by atoms with E-state index >= 15 is 0 Å². The molecule has 0 spiro atoms. The highest BCUT2D eigenvalue weighted by molar-refractivity contribution is 6.23. The van der Waals surface area contributed by atoms with E-state index in [1.807, 2.05) is 30.3 Å². The smallest absolute Gasteiger partial charge is 0.337 e. The molecule has 2 heterocycles. The van der Waals surface area contributed by atoms with Gasteiger partial charge in [0.05, 0.1) is 37.2 Å². The van der Waals surface area contributed by atoms with Crippen LogP contribution in [0.15, 0.2) is 78.9 Å². The fourth-order valence-electron chi connectivity index (χ4n) is 4.47. The second-order valence-electron chi connectivity index (χ2n) is 7.98. The average molecular weight is 458 g/mol. The number of rotatable bonds is 5. The molecule has 2 aliphatic heterocycles. The number of amides is 2. The Morgan fingerprint density at radius 1 is 0.824 bits per heavy atom. The predicted molar refractivity (Wildman–Crippen MR) is 123 cm³/mol. The number of imide groups is 1. The summed E-state index contributed by atoms with van der Waals surface area (Å²) in [5, 5.41) is 1.61. The normalized spacial score (nSPS) is 21.5. The number of nitrogens with zero attached hydrogens (tertiary/aromatic N) is 2. The lowest BCUT2D eigenvalue weighted by Gasteiger charge is -2.28. The number of carbonyl (C=O) groups is 3. The summed E-state index contributed by atoms with van der Waals surface area (Å²) in [6.07, 6.45) is -0.972. The minimum Gasteiger partial charge on any atom is -0.497 e. The third-order valence-electron chi connectivity index (χ3n) is 6.13. The molecule has 5 rings (SSSR count). The van der Waals surface area contributed by atoms with E-state index in [0.29, 0.717) is 17.0 Å². The van der Waals surface area contributed by atoms with E-state index in [-0.39, 0.29) is 5.91 Å². The summed E-state index contributed by atoms with van der Waals surface area (Å²) in [4.78, 5) is 46.2.